The normalized spacial score (nSPS) is 16.3. The minimum atomic E-state index is -0.321. The highest BCUT2D eigenvalue weighted by atomic mass is 19.1. The van der Waals surface area contributed by atoms with Crippen molar-refractivity contribution >= 4 is 16.8 Å². The molecule has 2 aromatic heterocycles. The zero-order valence-corrected chi connectivity index (χ0v) is 18.4. The fourth-order valence-corrected chi connectivity index (χ4v) is 4.60. The van der Waals surface area contributed by atoms with E-state index in [0.717, 1.165) is 35.7 Å². The monoisotopic (exact) mass is 444 g/mol. The first-order valence-electron chi connectivity index (χ1n) is 11.2. The molecule has 1 amide bonds. The van der Waals surface area contributed by atoms with Gasteiger partial charge < -0.3 is 10.0 Å². The minimum Gasteiger partial charge on any atom is -0.394 e. The van der Waals surface area contributed by atoms with Crippen LogP contribution in [0.4, 0.5) is 4.39 Å². The second kappa shape index (κ2) is 8.75. The number of halogens is 1. The van der Waals surface area contributed by atoms with Crippen molar-refractivity contribution in [2.45, 2.75) is 32.2 Å². The number of carbonyl (C=O) groups is 1. The molecule has 1 atom stereocenters. The molecule has 0 aliphatic carbocycles. The number of benzene rings is 2. The molecule has 3 heterocycles. The molecule has 1 aliphatic rings. The van der Waals surface area contributed by atoms with E-state index in [0.29, 0.717) is 29.2 Å². The SMILES string of the molecule is Cc1cn(-c2ncc(-c3ccccc3F)cn2)c2cc(C(=O)N3CCCCC3CO)ccc12. The first kappa shape index (κ1) is 21.3. The highest BCUT2D eigenvalue weighted by molar-refractivity contribution is 5.99. The predicted molar refractivity (Wildman–Crippen MR) is 125 cm³/mol. The smallest absolute Gasteiger partial charge is 0.254 e. The summed E-state index contributed by atoms with van der Waals surface area (Å²) >= 11 is 0. The Bertz CT molecular complexity index is 1320. The quantitative estimate of drug-likeness (QED) is 0.502. The number of carbonyl (C=O) groups excluding carboxylic acids is 1. The molecular formula is C26H25FN4O2. The van der Waals surface area contributed by atoms with Crippen LogP contribution in [0.3, 0.4) is 0 Å². The Kier molecular flexibility index (Phi) is 5.64. The Morgan fingerprint density at radius 3 is 2.70 bits per heavy atom. The Labute approximate surface area is 191 Å². The van der Waals surface area contributed by atoms with Gasteiger partial charge in [0.1, 0.15) is 5.82 Å². The number of likely N-dealkylation sites (tertiary alicyclic amines) is 1. The van der Waals surface area contributed by atoms with Gasteiger partial charge in [0.25, 0.3) is 5.91 Å². The third-order valence-corrected chi connectivity index (χ3v) is 6.39. The molecule has 2 aromatic carbocycles. The van der Waals surface area contributed by atoms with E-state index in [-0.39, 0.29) is 24.4 Å². The molecule has 168 valence electrons. The number of hydrogen-bond donors (Lipinski definition) is 1. The number of nitrogens with zero attached hydrogens (tertiary/aromatic N) is 4. The molecule has 4 aromatic rings. The Balaban J connectivity index is 1.51. The highest BCUT2D eigenvalue weighted by Gasteiger charge is 2.27. The fourth-order valence-electron chi connectivity index (χ4n) is 4.60. The van der Waals surface area contributed by atoms with Gasteiger partial charge in [-0.05, 0) is 49.9 Å². The maximum atomic E-state index is 14.1. The van der Waals surface area contributed by atoms with Crippen LogP contribution in [0.5, 0.6) is 0 Å². The van der Waals surface area contributed by atoms with Gasteiger partial charge in [0, 0.05) is 47.2 Å². The van der Waals surface area contributed by atoms with Crippen LogP contribution in [0.1, 0.15) is 35.2 Å². The summed E-state index contributed by atoms with van der Waals surface area (Å²) < 4.78 is 16.0. The van der Waals surface area contributed by atoms with Crippen LogP contribution in [0, 0.1) is 12.7 Å². The lowest BCUT2D eigenvalue weighted by molar-refractivity contribution is 0.0503. The number of fused-ring (bicyclic) bond motifs is 1. The number of aryl methyl sites for hydroxylation is 1. The van der Waals surface area contributed by atoms with Gasteiger partial charge in [-0.3, -0.25) is 9.36 Å². The number of rotatable bonds is 4. The van der Waals surface area contributed by atoms with Gasteiger partial charge in [0.15, 0.2) is 0 Å². The maximum Gasteiger partial charge on any atom is 0.254 e. The third-order valence-electron chi connectivity index (χ3n) is 6.39. The summed E-state index contributed by atoms with van der Waals surface area (Å²) in [6.45, 7) is 2.63. The molecule has 1 aliphatic heterocycles. The lowest BCUT2D eigenvalue weighted by atomic mass is 10.0. The fraction of sp³-hybridized carbons (Fsp3) is 0.269. The van der Waals surface area contributed by atoms with E-state index in [2.05, 4.69) is 9.97 Å². The zero-order valence-electron chi connectivity index (χ0n) is 18.4. The Morgan fingerprint density at radius 2 is 1.94 bits per heavy atom. The van der Waals surface area contributed by atoms with Gasteiger partial charge in [0.05, 0.1) is 18.2 Å². The van der Waals surface area contributed by atoms with Crippen molar-refractivity contribution < 1.29 is 14.3 Å². The van der Waals surface area contributed by atoms with Crippen LogP contribution < -0.4 is 0 Å². The van der Waals surface area contributed by atoms with Crippen LogP contribution >= 0.6 is 0 Å². The molecule has 0 spiro atoms. The molecule has 1 saturated heterocycles. The van der Waals surface area contributed by atoms with Gasteiger partial charge in [-0.1, -0.05) is 24.3 Å². The molecule has 33 heavy (non-hydrogen) atoms. The molecule has 7 heteroatoms. The predicted octanol–water partition coefficient (Wildman–Crippen LogP) is 4.52. The van der Waals surface area contributed by atoms with E-state index in [1.807, 2.05) is 35.9 Å². The van der Waals surface area contributed by atoms with Crippen molar-refractivity contribution in [1.29, 1.82) is 0 Å². The van der Waals surface area contributed by atoms with Gasteiger partial charge in [0.2, 0.25) is 5.95 Å². The van der Waals surface area contributed by atoms with Gasteiger partial charge in [-0.25, -0.2) is 14.4 Å². The topological polar surface area (TPSA) is 71.2 Å². The van der Waals surface area contributed by atoms with E-state index in [1.165, 1.54) is 6.07 Å². The average Bonchev–Trinajstić information content (AvgIpc) is 3.19. The standard InChI is InChI=1S/C26H25FN4O2/c1-17-15-31(26-28-13-19(14-29-26)22-7-2-3-8-23(22)27)24-12-18(9-10-21(17)24)25(33)30-11-5-4-6-20(30)16-32/h2-3,7-10,12-15,20,32H,4-6,11,16H2,1H3. The van der Waals surface area contributed by atoms with Crippen LogP contribution in [-0.4, -0.2) is 49.6 Å². The zero-order chi connectivity index (χ0) is 22.9. The first-order valence-corrected chi connectivity index (χ1v) is 11.2. The lowest BCUT2D eigenvalue weighted by Gasteiger charge is -2.34. The number of amides is 1. The van der Waals surface area contributed by atoms with E-state index in [4.69, 9.17) is 0 Å². The number of aliphatic hydroxyl groups excluding tert-OH is 1. The van der Waals surface area contributed by atoms with Crippen LogP contribution in [0.25, 0.3) is 28.0 Å². The Morgan fingerprint density at radius 1 is 1.15 bits per heavy atom. The molecular weight excluding hydrogens is 419 g/mol. The summed E-state index contributed by atoms with van der Waals surface area (Å²) in [7, 11) is 0. The molecule has 5 rings (SSSR count). The molecule has 1 N–H and O–H groups in total. The summed E-state index contributed by atoms with van der Waals surface area (Å²) in [5.74, 6) is 0.0547. The van der Waals surface area contributed by atoms with E-state index >= 15 is 0 Å². The Hall–Kier alpha value is -3.58. The van der Waals surface area contributed by atoms with E-state index < -0.39 is 0 Å². The second-order valence-electron chi connectivity index (χ2n) is 8.50. The van der Waals surface area contributed by atoms with Gasteiger partial charge >= 0.3 is 0 Å². The van der Waals surface area contributed by atoms with Crippen molar-refractivity contribution in [1.82, 2.24) is 19.4 Å². The summed E-state index contributed by atoms with van der Waals surface area (Å²) in [4.78, 5) is 24.0. The summed E-state index contributed by atoms with van der Waals surface area (Å²) in [5, 5.41) is 10.7. The van der Waals surface area contributed by atoms with Crippen LogP contribution in [0.15, 0.2) is 61.1 Å². The van der Waals surface area contributed by atoms with Gasteiger partial charge in [-0.15, -0.1) is 0 Å². The van der Waals surface area contributed by atoms with Crippen molar-refractivity contribution in [3.05, 3.63) is 78.0 Å². The minimum absolute atomic E-state index is 0.0222. The summed E-state index contributed by atoms with van der Waals surface area (Å²) in [6.07, 6.45) is 7.95. The van der Waals surface area contributed by atoms with Crippen molar-refractivity contribution in [3.8, 4) is 17.1 Å². The van der Waals surface area contributed by atoms with Crippen molar-refractivity contribution in [2.75, 3.05) is 13.2 Å². The molecule has 0 saturated carbocycles. The summed E-state index contributed by atoms with van der Waals surface area (Å²) in [5.41, 5.74) is 3.49. The van der Waals surface area contributed by atoms with Crippen LogP contribution in [0.2, 0.25) is 0 Å². The molecule has 0 bridgehead atoms. The number of aliphatic hydroxyl groups is 1. The lowest BCUT2D eigenvalue weighted by Crippen LogP contribution is -2.45. The molecule has 0 radical (unpaired) electrons. The molecule has 1 unspecified atom stereocenters. The van der Waals surface area contributed by atoms with E-state index in [9.17, 15) is 14.3 Å². The number of hydrogen-bond acceptors (Lipinski definition) is 4. The van der Waals surface area contributed by atoms with E-state index in [1.54, 1.807) is 35.5 Å². The first-order chi connectivity index (χ1) is 16.1. The van der Waals surface area contributed by atoms with Gasteiger partial charge in [-0.2, -0.15) is 0 Å². The number of aromatic nitrogens is 3. The number of piperidine rings is 1. The third kappa shape index (κ3) is 3.89. The van der Waals surface area contributed by atoms with Crippen molar-refractivity contribution in [3.63, 3.8) is 0 Å². The average molecular weight is 445 g/mol. The second-order valence-corrected chi connectivity index (χ2v) is 8.50. The highest BCUT2D eigenvalue weighted by Crippen LogP contribution is 2.27. The van der Waals surface area contributed by atoms with Crippen LogP contribution in [-0.2, 0) is 0 Å². The molecule has 1 fully saturated rings. The van der Waals surface area contributed by atoms with Crippen molar-refractivity contribution in [2.24, 2.45) is 0 Å². The molecule has 6 nitrogen and oxygen atoms in total. The largest absolute Gasteiger partial charge is 0.394 e. The maximum absolute atomic E-state index is 14.1. The summed E-state index contributed by atoms with van der Waals surface area (Å²) in [6, 6.07) is 12.0.